The van der Waals surface area contributed by atoms with Crippen molar-refractivity contribution in [3.8, 4) is 0 Å². The summed E-state index contributed by atoms with van der Waals surface area (Å²) in [6.07, 6.45) is -0.547. The van der Waals surface area contributed by atoms with Crippen LogP contribution in [0.5, 0.6) is 0 Å². The summed E-state index contributed by atoms with van der Waals surface area (Å²) in [5.41, 5.74) is 7.84. The van der Waals surface area contributed by atoms with Crippen molar-refractivity contribution in [1.29, 1.82) is 0 Å². The van der Waals surface area contributed by atoms with Gasteiger partial charge in [-0.1, -0.05) is 29.8 Å². The Balaban J connectivity index is 2.75. The molecule has 0 heterocycles. The van der Waals surface area contributed by atoms with Crippen molar-refractivity contribution in [2.45, 2.75) is 26.5 Å². The Bertz CT molecular complexity index is 389. The maximum Gasteiger partial charge on any atom is 0.253 e. The highest BCUT2D eigenvalue weighted by molar-refractivity contribution is 5.81. The maximum absolute atomic E-state index is 12.1. The van der Waals surface area contributed by atoms with Crippen molar-refractivity contribution in [2.75, 3.05) is 20.2 Å². The third kappa shape index (κ3) is 3.82. The molecule has 0 spiro atoms. The van der Waals surface area contributed by atoms with Gasteiger partial charge >= 0.3 is 0 Å². The van der Waals surface area contributed by atoms with Crippen molar-refractivity contribution >= 4 is 5.91 Å². The second-order valence-electron chi connectivity index (χ2n) is 4.30. The van der Waals surface area contributed by atoms with E-state index < -0.39 is 6.10 Å². The third-order valence-corrected chi connectivity index (χ3v) is 2.92. The number of methoxy groups -OCH3 is 1. The number of nitrogens with zero attached hydrogens (tertiary/aromatic N) is 1. The normalized spacial score (nSPS) is 12.2. The number of ether oxygens (including phenoxy) is 1. The molecule has 0 saturated heterocycles. The summed E-state index contributed by atoms with van der Waals surface area (Å²) in [6.45, 7) is 5.44. The Hall–Kier alpha value is -1.39. The summed E-state index contributed by atoms with van der Waals surface area (Å²) < 4.78 is 5.09. The molecule has 0 bridgehead atoms. The molecule has 1 amide bonds. The molecule has 4 heteroatoms. The van der Waals surface area contributed by atoms with Crippen LogP contribution in [-0.2, 0) is 16.1 Å². The van der Waals surface area contributed by atoms with E-state index in [1.54, 1.807) is 4.90 Å². The molecule has 4 nitrogen and oxygen atoms in total. The number of hydrogen-bond acceptors (Lipinski definition) is 3. The molecule has 100 valence electrons. The highest BCUT2D eigenvalue weighted by atomic mass is 16.5. The molecule has 1 atom stereocenters. The smallest absolute Gasteiger partial charge is 0.253 e. The average Bonchev–Trinajstić information content (AvgIpc) is 2.37. The molecule has 0 aliphatic carbocycles. The first kappa shape index (κ1) is 14.7. The average molecular weight is 250 g/mol. The predicted molar refractivity (Wildman–Crippen MR) is 72.1 cm³/mol. The van der Waals surface area contributed by atoms with Gasteiger partial charge in [-0.05, 0) is 19.4 Å². The van der Waals surface area contributed by atoms with Crippen molar-refractivity contribution in [1.82, 2.24) is 4.90 Å². The van der Waals surface area contributed by atoms with Gasteiger partial charge in [-0.15, -0.1) is 0 Å². The summed E-state index contributed by atoms with van der Waals surface area (Å²) in [5, 5.41) is 0. The predicted octanol–water partition coefficient (Wildman–Crippen LogP) is 1.32. The molecule has 0 aromatic heterocycles. The van der Waals surface area contributed by atoms with Crippen LogP contribution in [0.2, 0.25) is 0 Å². The quantitative estimate of drug-likeness (QED) is 0.828. The van der Waals surface area contributed by atoms with E-state index in [4.69, 9.17) is 10.5 Å². The molecular formula is C14H22N2O2. The van der Waals surface area contributed by atoms with Crippen molar-refractivity contribution in [3.05, 3.63) is 35.4 Å². The lowest BCUT2D eigenvalue weighted by molar-refractivity contribution is -0.141. The van der Waals surface area contributed by atoms with E-state index in [-0.39, 0.29) is 12.5 Å². The monoisotopic (exact) mass is 250 g/mol. The Kier molecular flexibility index (Phi) is 5.82. The molecule has 0 aliphatic rings. The van der Waals surface area contributed by atoms with Gasteiger partial charge in [0.2, 0.25) is 0 Å². The highest BCUT2D eigenvalue weighted by Crippen LogP contribution is 2.09. The van der Waals surface area contributed by atoms with Crippen LogP contribution in [0.1, 0.15) is 18.1 Å². The van der Waals surface area contributed by atoms with E-state index in [0.717, 1.165) is 5.56 Å². The first-order valence-corrected chi connectivity index (χ1v) is 6.19. The van der Waals surface area contributed by atoms with Crippen LogP contribution in [0.4, 0.5) is 0 Å². The van der Waals surface area contributed by atoms with E-state index in [1.165, 1.54) is 12.7 Å². The zero-order chi connectivity index (χ0) is 13.5. The zero-order valence-electron chi connectivity index (χ0n) is 11.3. The number of likely N-dealkylation sites (N-methyl/N-ethyl adjacent to an activating group) is 1. The van der Waals surface area contributed by atoms with Gasteiger partial charge in [0.05, 0.1) is 0 Å². The van der Waals surface area contributed by atoms with E-state index in [0.29, 0.717) is 13.1 Å². The number of amides is 1. The van der Waals surface area contributed by atoms with Crippen LogP contribution < -0.4 is 5.73 Å². The number of rotatable bonds is 6. The van der Waals surface area contributed by atoms with Crippen LogP contribution in [-0.4, -0.2) is 37.1 Å². The van der Waals surface area contributed by atoms with Crippen LogP contribution in [0.15, 0.2) is 24.3 Å². The number of aryl methyl sites for hydroxylation is 1. The van der Waals surface area contributed by atoms with Gasteiger partial charge in [0.15, 0.2) is 0 Å². The minimum atomic E-state index is -0.547. The second kappa shape index (κ2) is 7.13. The lowest BCUT2D eigenvalue weighted by atomic mass is 10.1. The van der Waals surface area contributed by atoms with Crippen molar-refractivity contribution < 1.29 is 9.53 Å². The number of nitrogens with two attached hydrogens (primary N) is 1. The Morgan fingerprint density at radius 1 is 1.50 bits per heavy atom. The van der Waals surface area contributed by atoms with Gasteiger partial charge in [0, 0.05) is 26.7 Å². The van der Waals surface area contributed by atoms with E-state index in [9.17, 15) is 4.79 Å². The van der Waals surface area contributed by atoms with Gasteiger partial charge in [0.25, 0.3) is 5.91 Å². The molecule has 0 fully saturated rings. The molecular weight excluding hydrogens is 228 g/mol. The van der Waals surface area contributed by atoms with Crippen LogP contribution in [0.3, 0.4) is 0 Å². The number of carbonyl (C=O) groups is 1. The molecule has 1 unspecified atom stereocenters. The first-order valence-electron chi connectivity index (χ1n) is 6.19. The number of hydrogen-bond donors (Lipinski definition) is 1. The van der Waals surface area contributed by atoms with Crippen LogP contribution >= 0.6 is 0 Å². The summed E-state index contributed by atoms with van der Waals surface area (Å²) >= 11 is 0. The lowest BCUT2D eigenvalue weighted by Gasteiger charge is -2.25. The maximum atomic E-state index is 12.1. The SMILES string of the molecule is CCN(Cc1cccc(C)c1)C(=O)C(CN)OC. The molecule has 1 aromatic rings. The van der Waals surface area contributed by atoms with Crippen LogP contribution in [0.25, 0.3) is 0 Å². The fraction of sp³-hybridized carbons (Fsp3) is 0.500. The van der Waals surface area contributed by atoms with E-state index in [2.05, 4.69) is 6.07 Å². The van der Waals surface area contributed by atoms with E-state index in [1.807, 2.05) is 32.0 Å². The summed E-state index contributed by atoms with van der Waals surface area (Å²) in [5.74, 6) is -0.0518. The van der Waals surface area contributed by atoms with Crippen molar-refractivity contribution in [2.24, 2.45) is 5.73 Å². The Morgan fingerprint density at radius 3 is 2.72 bits per heavy atom. The fourth-order valence-electron chi connectivity index (χ4n) is 1.88. The Labute approximate surface area is 109 Å². The second-order valence-corrected chi connectivity index (χ2v) is 4.30. The Morgan fingerprint density at radius 2 is 2.22 bits per heavy atom. The van der Waals surface area contributed by atoms with Crippen molar-refractivity contribution in [3.63, 3.8) is 0 Å². The molecule has 1 aromatic carbocycles. The molecule has 18 heavy (non-hydrogen) atoms. The first-order chi connectivity index (χ1) is 8.62. The topological polar surface area (TPSA) is 55.6 Å². The van der Waals surface area contributed by atoms with E-state index >= 15 is 0 Å². The summed E-state index contributed by atoms with van der Waals surface area (Å²) in [6, 6.07) is 8.15. The van der Waals surface area contributed by atoms with Crippen LogP contribution in [0, 0.1) is 6.92 Å². The molecule has 0 radical (unpaired) electrons. The third-order valence-electron chi connectivity index (χ3n) is 2.92. The standard InChI is InChI=1S/C14H22N2O2/c1-4-16(14(17)13(9-15)18-3)10-12-7-5-6-11(2)8-12/h5-8,13H,4,9-10,15H2,1-3H3. The molecule has 2 N–H and O–H groups in total. The number of carbonyl (C=O) groups excluding carboxylic acids is 1. The molecule has 0 saturated carbocycles. The van der Waals surface area contributed by atoms with Gasteiger partial charge in [-0.3, -0.25) is 4.79 Å². The summed E-state index contributed by atoms with van der Waals surface area (Å²) in [4.78, 5) is 13.9. The lowest BCUT2D eigenvalue weighted by Crippen LogP contribution is -2.43. The minimum Gasteiger partial charge on any atom is -0.370 e. The molecule has 0 aliphatic heterocycles. The highest BCUT2D eigenvalue weighted by Gasteiger charge is 2.21. The number of benzene rings is 1. The van der Waals surface area contributed by atoms with Gasteiger partial charge in [0.1, 0.15) is 6.10 Å². The van der Waals surface area contributed by atoms with Gasteiger partial charge in [-0.2, -0.15) is 0 Å². The largest absolute Gasteiger partial charge is 0.370 e. The minimum absolute atomic E-state index is 0.0518. The molecule has 1 rings (SSSR count). The zero-order valence-corrected chi connectivity index (χ0v) is 11.3. The van der Waals surface area contributed by atoms with Gasteiger partial charge < -0.3 is 15.4 Å². The van der Waals surface area contributed by atoms with Gasteiger partial charge in [-0.25, -0.2) is 0 Å². The summed E-state index contributed by atoms with van der Waals surface area (Å²) in [7, 11) is 1.51. The fourth-order valence-corrected chi connectivity index (χ4v) is 1.88.